The number of hydrogen-bond acceptors (Lipinski definition) is 3. The summed E-state index contributed by atoms with van der Waals surface area (Å²) in [5, 5.41) is 13.0. The minimum atomic E-state index is -0.683. The van der Waals surface area contributed by atoms with Crippen LogP contribution in [-0.2, 0) is 0 Å². The molecule has 0 saturated carbocycles. The van der Waals surface area contributed by atoms with Crippen LogP contribution in [0.5, 0.6) is 0 Å². The molecule has 5 heteroatoms. The Hall–Kier alpha value is -1.07. The Morgan fingerprint density at radius 3 is 2.76 bits per heavy atom. The van der Waals surface area contributed by atoms with Crippen molar-refractivity contribution in [2.24, 2.45) is 0 Å². The van der Waals surface area contributed by atoms with Crippen LogP contribution < -0.4 is 5.32 Å². The second kappa shape index (κ2) is 6.79. The Morgan fingerprint density at radius 1 is 1.43 bits per heavy atom. The molecule has 2 amide bonds. The SMILES string of the molecule is C[C@@H]1CN(CC(C)(C)O)CCN1C(=O)N[C@@H]1C=CCCC1. The first kappa shape index (κ1) is 16.3. The first-order chi connectivity index (χ1) is 9.85. The minimum absolute atomic E-state index is 0.0435. The largest absolute Gasteiger partial charge is 0.389 e. The molecule has 21 heavy (non-hydrogen) atoms. The van der Waals surface area contributed by atoms with Crippen molar-refractivity contribution in [3.05, 3.63) is 12.2 Å². The lowest BCUT2D eigenvalue weighted by atomic mass is 10.0. The third-order valence-electron chi connectivity index (χ3n) is 4.15. The van der Waals surface area contributed by atoms with Crippen LogP contribution in [0.3, 0.4) is 0 Å². The van der Waals surface area contributed by atoms with Crippen LogP contribution in [0.2, 0.25) is 0 Å². The summed E-state index contributed by atoms with van der Waals surface area (Å²) >= 11 is 0. The van der Waals surface area contributed by atoms with E-state index in [0.29, 0.717) is 6.54 Å². The zero-order valence-corrected chi connectivity index (χ0v) is 13.5. The van der Waals surface area contributed by atoms with Crippen LogP contribution in [0.1, 0.15) is 40.0 Å². The van der Waals surface area contributed by atoms with Crippen molar-refractivity contribution in [1.29, 1.82) is 0 Å². The number of nitrogens with zero attached hydrogens (tertiary/aromatic N) is 2. The summed E-state index contributed by atoms with van der Waals surface area (Å²) in [5.74, 6) is 0. The van der Waals surface area contributed by atoms with Gasteiger partial charge in [0.2, 0.25) is 0 Å². The fraction of sp³-hybridized carbons (Fsp3) is 0.812. The molecule has 0 radical (unpaired) electrons. The molecule has 2 atom stereocenters. The zero-order chi connectivity index (χ0) is 15.5. The van der Waals surface area contributed by atoms with E-state index < -0.39 is 5.60 Å². The smallest absolute Gasteiger partial charge is 0.318 e. The van der Waals surface area contributed by atoms with Gasteiger partial charge in [0.1, 0.15) is 0 Å². The third kappa shape index (κ3) is 5.00. The zero-order valence-electron chi connectivity index (χ0n) is 13.5. The van der Waals surface area contributed by atoms with Gasteiger partial charge < -0.3 is 15.3 Å². The predicted octanol–water partition coefficient (Wildman–Crippen LogP) is 1.58. The molecule has 0 unspecified atom stereocenters. The first-order valence-corrected chi connectivity index (χ1v) is 8.04. The molecule has 0 aromatic rings. The van der Waals surface area contributed by atoms with Gasteiger partial charge in [-0.1, -0.05) is 12.2 Å². The van der Waals surface area contributed by atoms with Gasteiger partial charge in [-0.2, -0.15) is 0 Å². The van der Waals surface area contributed by atoms with Gasteiger partial charge >= 0.3 is 6.03 Å². The van der Waals surface area contributed by atoms with E-state index in [1.54, 1.807) is 0 Å². The minimum Gasteiger partial charge on any atom is -0.389 e. The summed E-state index contributed by atoms with van der Waals surface area (Å²) in [6.07, 6.45) is 7.57. The molecule has 2 aliphatic rings. The van der Waals surface area contributed by atoms with Gasteiger partial charge in [0.25, 0.3) is 0 Å². The van der Waals surface area contributed by atoms with Crippen molar-refractivity contribution in [1.82, 2.24) is 15.1 Å². The highest BCUT2D eigenvalue weighted by Gasteiger charge is 2.30. The molecule has 1 heterocycles. The molecule has 1 fully saturated rings. The Kier molecular flexibility index (Phi) is 5.27. The lowest BCUT2D eigenvalue weighted by Crippen LogP contribution is -2.59. The second-order valence-corrected chi connectivity index (χ2v) is 7.01. The number of carbonyl (C=O) groups is 1. The molecule has 1 saturated heterocycles. The lowest BCUT2D eigenvalue weighted by molar-refractivity contribution is 0.0118. The Bertz CT molecular complexity index is 389. The first-order valence-electron chi connectivity index (χ1n) is 8.04. The van der Waals surface area contributed by atoms with Gasteiger partial charge in [0.15, 0.2) is 0 Å². The highest BCUT2D eigenvalue weighted by Crippen LogP contribution is 2.15. The van der Waals surface area contributed by atoms with Crippen molar-refractivity contribution in [3.63, 3.8) is 0 Å². The number of β-amino-alcohol motifs (C(OH)–C–C–N with tert-alkyl or cyclic N) is 1. The Balaban J connectivity index is 1.83. The van der Waals surface area contributed by atoms with Gasteiger partial charge in [0.05, 0.1) is 5.60 Å². The molecule has 0 aromatic carbocycles. The monoisotopic (exact) mass is 295 g/mol. The van der Waals surface area contributed by atoms with E-state index in [1.165, 1.54) is 0 Å². The molecular formula is C16H29N3O2. The molecular weight excluding hydrogens is 266 g/mol. The Morgan fingerprint density at radius 2 is 2.19 bits per heavy atom. The van der Waals surface area contributed by atoms with E-state index >= 15 is 0 Å². The van der Waals surface area contributed by atoms with Gasteiger partial charge in [-0.25, -0.2) is 4.79 Å². The van der Waals surface area contributed by atoms with E-state index in [2.05, 4.69) is 29.3 Å². The number of nitrogens with one attached hydrogen (secondary N) is 1. The van der Waals surface area contributed by atoms with Crippen molar-refractivity contribution in [2.45, 2.75) is 57.7 Å². The molecule has 1 aliphatic heterocycles. The standard InChI is InChI=1S/C16H29N3O2/c1-13-11-18(12-16(2,3)21)9-10-19(13)15(20)17-14-7-5-4-6-8-14/h5,7,13-14,21H,4,6,8-12H2,1-3H3,(H,17,20)/t13-,14-/m1/s1. The normalized spacial score (nSPS) is 27.7. The average molecular weight is 295 g/mol. The fourth-order valence-corrected chi connectivity index (χ4v) is 3.20. The quantitative estimate of drug-likeness (QED) is 0.777. The molecule has 0 bridgehead atoms. The van der Waals surface area contributed by atoms with Crippen LogP contribution in [0.15, 0.2) is 12.2 Å². The predicted molar refractivity (Wildman–Crippen MR) is 84.2 cm³/mol. The van der Waals surface area contributed by atoms with Crippen LogP contribution in [0.25, 0.3) is 0 Å². The van der Waals surface area contributed by atoms with Crippen LogP contribution >= 0.6 is 0 Å². The number of allylic oxidation sites excluding steroid dienone is 1. The highest BCUT2D eigenvalue weighted by atomic mass is 16.3. The number of amides is 2. The van der Waals surface area contributed by atoms with Gasteiger partial charge in [-0.3, -0.25) is 4.90 Å². The van der Waals surface area contributed by atoms with E-state index in [1.807, 2.05) is 18.7 Å². The van der Waals surface area contributed by atoms with Crippen molar-refractivity contribution < 1.29 is 9.90 Å². The fourth-order valence-electron chi connectivity index (χ4n) is 3.20. The molecule has 2 rings (SSSR count). The summed E-state index contributed by atoms with van der Waals surface area (Å²) in [6.45, 7) is 8.74. The number of carbonyl (C=O) groups excluding carboxylic acids is 1. The van der Waals surface area contributed by atoms with Crippen LogP contribution in [0, 0.1) is 0 Å². The van der Waals surface area contributed by atoms with Gasteiger partial charge in [-0.05, 0) is 40.0 Å². The number of piperazine rings is 1. The summed E-state index contributed by atoms with van der Waals surface area (Å²) in [5.41, 5.74) is -0.683. The number of urea groups is 1. The maximum Gasteiger partial charge on any atom is 0.318 e. The summed E-state index contributed by atoms with van der Waals surface area (Å²) in [4.78, 5) is 16.5. The van der Waals surface area contributed by atoms with Gasteiger partial charge in [0, 0.05) is 38.3 Å². The molecule has 120 valence electrons. The van der Waals surface area contributed by atoms with Crippen molar-refractivity contribution in [3.8, 4) is 0 Å². The van der Waals surface area contributed by atoms with E-state index in [4.69, 9.17) is 0 Å². The highest BCUT2D eigenvalue weighted by molar-refractivity contribution is 5.75. The molecule has 2 N–H and O–H groups in total. The van der Waals surface area contributed by atoms with Crippen molar-refractivity contribution in [2.75, 3.05) is 26.2 Å². The molecule has 1 aliphatic carbocycles. The van der Waals surface area contributed by atoms with Crippen LogP contribution in [0.4, 0.5) is 4.79 Å². The summed E-state index contributed by atoms with van der Waals surface area (Å²) < 4.78 is 0. The second-order valence-electron chi connectivity index (χ2n) is 7.01. The maximum atomic E-state index is 12.4. The Labute approximate surface area is 128 Å². The topological polar surface area (TPSA) is 55.8 Å². The lowest BCUT2D eigenvalue weighted by Gasteiger charge is -2.42. The molecule has 0 spiro atoms. The third-order valence-corrected chi connectivity index (χ3v) is 4.15. The van der Waals surface area contributed by atoms with Gasteiger partial charge in [-0.15, -0.1) is 0 Å². The molecule has 5 nitrogen and oxygen atoms in total. The van der Waals surface area contributed by atoms with E-state index in [0.717, 1.165) is 38.9 Å². The van der Waals surface area contributed by atoms with Crippen molar-refractivity contribution >= 4 is 6.03 Å². The number of rotatable bonds is 3. The van der Waals surface area contributed by atoms with Crippen LogP contribution in [-0.4, -0.2) is 64.8 Å². The number of aliphatic hydroxyl groups is 1. The van der Waals surface area contributed by atoms with E-state index in [9.17, 15) is 9.90 Å². The summed E-state index contributed by atoms with van der Waals surface area (Å²) in [6, 6.07) is 0.406. The maximum absolute atomic E-state index is 12.4. The van der Waals surface area contributed by atoms with E-state index in [-0.39, 0.29) is 18.1 Å². The average Bonchev–Trinajstić information content (AvgIpc) is 2.37. The number of hydrogen-bond donors (Lipinski definition) is 2. The summed E-state index contributed by atoms with van der Waals surface area (Å²) in [7, 11) is 0. The molecule has 0 aromatic heterocycles.